The van der Waals surface area contributed by atoms with E-state index in [0.29, 0.717) is 0 Å². The van der Waals surface area contributed by atoms with Crippen LogP contribution >= 0.6 is 0 Å². The highest BCUT2D eigenvalue weighted by molar-refractivity contribution is 6.19. The first-order chi connectivity index (χ1) is 23.1. The van der Waals surface area contributed by atoms with Crippen molar-refractivity contribution < 1.29 is 0 Å². The van der Waals surface area contributed by atoms with Gasteiger partial charge < -0.3 is 9.13 Å². The minimum absolute atomic E-state index is 0.0311. The molecule has 0 saturated heterocycles. The zero-order valence-electron chi connectivity index (χ0n) is 26.4. The van der Waals surface area contributed by atoms with Crippen LogP contribution in [0.1, 0.15) is 25.0 Å². The molecule has 2 heteroatoms. The van der Waals surface area contributed by atoms with Gasteiger partial charge in [-0.15, -0.1) is 0 Å². The predicted molar refractivity (Wildman–Crippen MR) is 198 cm³/mol. The van der Waals surface area contributed by atoms with Crippen molar-refractivity contribution in [1.82, 2.24) is 9.13 Å². The topological polar surface area (TPSA) is 9.86 Å². The second-order valence-corrected chi connectivity index (χ2v) is 13.4. The smallest absolute Gasteiger partial charge is 0.0548 e. The van der Waals surface area contributed by atoms with Crippen LogP contribution in [-0.2, 0) is 5.41 Å². The lowest BCUT2D eigenvalue weighted by atomic mass is 9.81. The fraction of sp³-hybridized carbons (Fsp3) is 0.0667. The zero-order chi connectivity index (χ0) is 31.3. The van der Waals surface area contributed by atoms with Crippen molar-refractivity contribution in [2.75, 3.05) is 0 Å². The average molecular weight is 601 g/mol. The van der Waals surface area contributed by atoms with E-state index < -0.39 is 0 Å². The Labute approximate surface area is 273 Å². The molecule has 0 amide bonds. The molecule has 10 rings (SSSR count). The number of benzene rings is 7. The maximum absolute atomic E-state index is 2.45. The molecule has 2 nitrogen and oxygen atoms in total. The van der Waals surface area contributed by atoms with Gasteiger partial charge in [0.1, 0.15) is 0 Å². The van der Waals surface area contributed by atoms with Crippen molar-refractivity contribution in [2.24, 2.45) is 0 Å². The Hall–Kier alpha value is -5.86. The number of fused-ring (bicyclic) bond motifs is 9. The van der Waals surface area contributed by atoms with Gasteiger partial charge in [0.05, 0.1) is 22.1 Å². The number of nitrogens with zero attached hydrogens (tertiary/aromatic N) is 2. The van der Waals surface area contributed by atoms with Crippen LogP contribution in [0.2, 0.25) is 0 Å². The largest absolute Gasteiger partial charge is 0.309 e. The summed E-state index contributed by atoms with van der Waals surface area (Å²) in [4.78, 5) is 0. The van der Waals surface area contributed by atoms with Gasteiger partial charge in [-0.1, -0.05) is 117 Å². The van der Waals surface area contributed by atoms with E-state index in [2.05, 4.69) is 181 Å². The van der Waals surface area contributed by atoms with Crippen LogP contribution < -0.4 is 0 Å². The predicted octanol–water partition coefficient (Wildman–Crippen LogP) is 11.9. The van der Waals surface area contributed by atoms with E-state index >= 15 is 0 Å². The van der Waals surface area contributed by atoms with E-state index in [4.69, 9.17) is 0 Å². The van der Waals surface area contributed by atoms with E-state index in [9.17, 15) is 0 Å². The Morgan fingerprint density at radius 1 is 0.362 bits per heavy atom. The van der Waals surface area contributed by atoms with Crippen molar-refractivity contribution in [2.45, 2.75) is 19.3 Å². The van der Waals surface area contributed by atoms with Crippen molar-refractivity contribution in [1.29, 1.82) is 0 Å². The van der Waals surface area contributed by atoms with Gasteiger partial charge in [0.15, 0.2) is 0 Å². The van der Waals surface area contributed by atoms with Crippen LogP contribution in [0.3, 0.4) is 0 Å². The van der Waals surface area contributed by atoms with E-state index in [1.165, 1.54) is 88.4 Å². The molecule has 0 bridgehead atoms. The lowest BCUT2D eigenvalue weighted by Crippen LogP contribution is -2.14. The lowest BCUT2D eigenvalue weighted by molar-refractivity contribution is 0.660. The Bertz CT molecular complexity index is 2700. The fourth-order valence-corrected chi connectivity index (χ4v) is 8.27. The molecule has 0 spiro atoms. The van der Waals surface area contributed by atoms with E-state index in [1.54, 1.807) is 0 Å². The zero-order valence-corrected chi connectivity index (χ0v) is 26.4. The monoisotopic (exact) mass is 600 g/mol. The van der Waals surface area contributed by atoms with E-state index in [1.807, 2.05) is 0 Å². The molecule has 1 aliphatic carbocycles. The summed E-state index contributed by atoms with van der Waals surface area (Å²) >= 11 is 0. The van der Waals surface area contributed by atoms with Crippen LogP contribution in [0.4, 0.5) is 0 Å². The van der Waals surface area contributed by atoms with Gasteiger partial charge in [-0.2, -0.15) is 0 Å². The summed E-state index contributed by atoms with van der Waals surface area (Å²) in [5, 5.41) is 5.05. The van der Waals surface area contributed by atoms with Crippen molar-refractivity contribution in [3.63, 3.8) is 0 Å². The minimum Gasteiger partial charge on any atom is -0.309 e. The third-order valence-electron chi connectivity index (χ3n) is 10.5. The second-order valence-electron chi connectivity index (χ2n) is 13.4. The molecule has 0 radical (unpaired) electrons. The number of aromatic nitrogens is 2. The van der Waals surface area contributed by atoms with Crippen LogP contribution in [0.15, 0.2) is 158 Å². The summed E-state index contributed by atoms with van der Waals surface area (Å²) in [5.74, 6) is 0. The molecule has 0 N–H and O–H groups in total. The summed E-state index contributed by atoms with van der Waals surface area (Å²) in [6.07, 6.45) is 0. The molecule has 7 aromatic carbocycles. The van der Waals surface area contributed by atoms with Crippen LogP contribution in [0.25, 0.3) is 77.2 Å². The summed E-state index contributed by atoms with van der Waals surface area (Å²) < 4.78 is 4.86. The molecule has 2 heterocycles. The van der Waals surface area contributed by atoms with Crippen molar-refractivity contribution in [3.8, 4) is 33.6 Å². The molecule has 0 saturated carbocycles. The van der Waals surface area contributed by atoms with Gasteiger partial charge >= 0.3 is 0 Å². The highest BCUT2D eigenvalue weighted by atomic mass is 15.0. The Morgan fingerprint density at radius 3 is 1.64 bits per heavy atom. The highest BCUT2D eigenvalue weighted by Gasteiger charge is 2.35. The summed E-state index contributed by atoms with van der Waals surface area (Å²) in [5.41, 5.74) is 15.2. The first-order valence-electron chi connectivity index (χ1n) is 16.4. The molecule has 222 valence electrons. The molecule has 47 heavy (non-hydrogen) atoms. The maximum Gasteiger partial charge on any atom is 0.0548 e. The number of para-hydroxylation sites is 3. The van der Waals surface area contributed by atoms with E-state index in [-0.39, 0.29) is 5.41 Å². The van der Waals surface area contributed by atoms with Gasteiger partial charge in [0.2, 0.25) is 0 Å². The normalized spacial score (nSPS) is 13.5. The standard InChI is InChI=1S/C45H32N2/c1-45(2)39-20-9-6-17-33(39)34-24-23-30(26-40(34)45)29-13-12-16-32(25-29)47-42-22-11-8-19-36(42)38-27-43-37(28-44(38)47)35-18-7-10-21-41(35)46(43)31-14-4-3-5-15-31/h3-28H,1-2H3. The van der Waals surface area contributed by atoms with Gasteiger partial charge in [0.25, 0.3) is 0 Å². The lowest BCUT2D eigenvalue weighted by Gasteiger charge is -2.22. The molecule has 0 aliphatic heterocycles. The first kappa shape index (κ1) is 26.4. The van der Waals surface area contributed by atoms with Gasteiger partial charge in [-0.25, -0.2) is 0 Å². The Morgan fingerprint density at radius 2 is 0.915 bits per heavy atom. The van der Waals surface area contributed by atoms with Crippen LogP contribution in [0, 0.1) is 0 Å². The molecule has 9 aromatic rings. The van der Waals surface area contributed by atoms with Gasteiger partial charge in [0, 0.05) is 38.3 Å². The van der Waals surface area contributed by atoms with Crippen LogP contribution in [0.5, 0.6) is 0 Å². The Balaban J connectivity index is 1.20. The third kappa shape index (κ3) is 3.67. The number of rotatable bonds is 3. The van der Waals surface area contributed by atoms with Crippen molar-refractivity contribution >= 4 is 43.6 Å². The fourth-order valence-electron chi connectivity index (χ4n) is 8.27. The molecule has 1 aliphatic rings. The first-order valence-corrected chi connectivity index (χ1v) is 16.4. The summed E-state index contributed by atoms with van der Waals surface area (Å²) in [6.45, 7) is 4.71. The molecular weight excluding hydrogens is 569 g/mol. The number of hydrogen-bond donors (Lipinski definition) is 0. The number of hydrogen-bond acceptors (Lipinski definition) is 0. The van der Waals surface area contributed by atoms with Gasteiger partial charge in [-0.05, 0) is 88.0 Å². The molecule has 0 atom stereocenters. The molecule has 0 unspecified atom stereocenters. The molecule has 0 fully saturated rings. The molecular formula is C45H32N2. The van der Waals surface area contributed by atoms with Crippen molar-refractivity contribution in [3.05, 3.63) is 169 Å². The quantitative estimate of drug-likeness (QED) is 0.191. The summed E-state index contributed by atoms with van der Waals surface area (Å²) in [6, 6.07) is 58.1. The SMILES string of the molecule is CC1(C)c2ccccc2-c2ccc(-c3cccc(-n4c5ccccc5c5cc6c(cc54)c4ccccc4n6-c4ccccc4)c3)cc21. The van der Waals surface area contributed by atoms with Crippen LogP contribution in [-0.4, -0.2) is 9.13 Å². The van der Waals surface area contributed by atoms with Gasteiger partial charge in [-0.3, -0.25) is 0 Å². The third-order valence-corrected chi connectivity index (χ3v) is 10.5. The highest BCUT2D eigenvalue weighted by Crippen LogP contribution is 2.49. The average Bonchev–Trinajstić information content (AvgIpc) is 3.70. The van der Waals surface area contributed by atoms with E-state index in [0.717, 1.165) is 0 Å². The summed E-state index contributed by atoms with van der Waals surface area (Å²) in [7, 11) is 0. The Kier molecular flexibility index (Phi) is 5.37. The molecule has 2 aromatic heterocycles. The maximum atomic E-state index is 2.45. The minimum atomic E-state index is -0.0311. The second kappa shape index (κ2) is 9.57.